The minimum Gasteiger partial charge on any atom is -0.481 e. The Bertz CT molecular complexity index is 465. The van der Waals surface area contributed by atoms with Gasteiger partial charge in [-0.2, -0.15) is 0 Å². The smallest absolute Gasteiger partial charge is 0.311 e. The average Bonchev–Trinajstić information content (AvgIpc) is 2.85. The van der Waals surface area contributed by atoms with Crippen LogP contribution in [0.5, 0.6) is 0 Å². The SMILES string of the molecule is Cc1ccoc1C(=O)N1CC[C@@](C)(C(=O)O)C1. The standard InChI is InChI=1S/C12H15NO4/c1-8-3-6-17-9(8)10(14)13-5-4-12(2,7-13)11(15)16/h3,6H,4-5,7H2,1-2H3,(H,15,16)/t12-/m1/s1. The molecule has 5 nitrogen and oxygen atoms in total. The van der Waals surface area contributed by atoms with Gasteiger partial charge in [0.05, 0.1) is 11.7 Å². The molecule has 0 aromatic carbocycles. The van der Waals surface area contributed by atoms with Crippen molar-refractivity contribution in [2.24, 2.45) is 5.41 Å². The molecule has 1 fully saturated rings. The molecule has 0 saturated carbocycles. The lowest BCUT2D eigenvalue weighted by Crippen LogP contribution is -2.34. The number of rotatable bonds is 2. The van der Waals surface area contributed by atoms with Crippen LogP contribution in [-0.4, -0.2) is 35.0 Å². The molecule has 1 atom stereocenters. The van der Waals surface area contributed by atoms with E-state index in [-0.39, 0.29) is 12.5 Å². The number of hydrogen-bond acceptors (Lipinski definition) is 3. The van der Waals surface area contributed by atoms with E-state index in [4.69, 9.17) is 9.52 Å². The zero-order valence-electron chi connectivity index (χ0n) is 9.90. The summed E-state index contributed by atoms with van der Waals surface area (Å²) >= 11 is 0. The van der Waals surface area contributed by atoms with E-state index in [0.29, 0.717) is 18.7 Å². The van der Waals surface area contributed by atoms with Crippen molar-refractivity contribution >= 4 is 11.9 Å². The lowest BCUT2D eigenvalue weighted by molar-refractivity contribution is -0.147. The van der Waals surface area contributed by atoms with Gasteiger partial charge in [0.25, 0.3) is 5.91 Å². The second-order valence-corrected chi connectivity index (χ2v) is 4.78. The number of likely N-dealkylation sites (tertiary alicyclic amines) is 1. The highest BCUT2D eigenvalue weighted by molar-refractivity contribution is 5.93. The van der Waals surface area contributed by atoms with Crippen LogP contribution in [0.3, 0.4) is 0 Å². The molecule has 1 aliphatic rings. The third-order valence-electron chi connectivity index (χ3n) is 3.33. The van der Waals surface area contributed by atoms with Crippen molar-refractivity contribution in [2.45, 2.75) is 20.3 Å². The highest BCUT2D eigenvalue weighted by Gasteiger charge is 2.42. The third kappa shape index (κ3) is 1.92. The van der Waals surface area contributed by atoms with Gasteiger partial charge >= 0.3 is 5.97 Å². The molecule has 92 valence electrons. The largest absolute Gasteiger partial charge is 0.481 e. The molecule has 0 radical (unpaired) electrons. The maximum absolute atomic E-state index is 12.1. The summed E-state index contributed by atoms with van der Waals surface area (Å²) in [5.41, 5.74) is -0.0604. The molecule has 5 heteroatoms. The molecule has 17 heavy (non-hydrogen) atoms. The summed E-state index contributed by atoms with van der Waals surface area (Å²) in [6.07, 6.45) is 1.95. The molecule has 1 aromatic rings. The molecule has 0 spiro atoms. The number of aryl methyl sites for hydroxylation is 1. The highest BCUT2D eigenvalue weighted by atomic mass is 16.4. The summed E-state index contributed by atoms with van der Waals surface area (Å²) in [6.45, 7) is 4.16. The molecule has 0 aliphatic carbocycles. The number of carboxylic acid groups (broad SMARTS) is 1. The minimum absolute atomic E-state index is 0.225. The predicted octanol–water partition coefficient (Wildman–Crippen LogP) is 1.52. The monoisotopic (exact) mass is 237 g/mol. The van der Waals surface area contributed by atoms with Crippen LogP contribution in [0.15, 0.2) is 16.7 Å². The normalized spacial score (nSPS) is 24.0. The van der Waals surface area contributed by atoms with Gasteiger partial charge in [-0.15, -0.1) is 0 Å². The number of amides is 1. The number of hydrogen-bond donors (Lipinski definition) is 1. The Labute approximate surface area is 99.0 Å². The Morgan fingerprint density at radius 3 is 2.71 bits per heavy atom. The van der Waals surface area contributed by atoms with Crippen molar-refractivity contribution in [1.82, 2.24) is 4.90 Å². The Hall–Kier alpha value is -1.78. The summed E-state index contributed by atoms with van der Waals surface area (Å²) in [4.78, 5) is 24.7. The van der Waals surface area contributed by atoms with E-state index in [0.717, 1.165) is 5.56 Å². The van der Waals surface area contributed by atoms with E-state index in [2.05, 4.69) is 0 Å². The zero-order chi connectivity index (χ0) is 12.6. The molecule has 1 aromatic heterocycles. The number of nitrogens with zero attached hydrogens (tertiary/aromatic N) is 1. The van der Waals surface area contributed by atoms with Crippen LogP contribution in [0, 0.1) is 12.3 Å². The van der Waals surface area contributed by atoms with Crippen LogP contribution in [0.2, 0.25) is 0 Å². The number of carbonyl (C=O) groups excluding carboxylic acids is 1. The van der Waals surface area contributed by atoms with Crippen LogP contribution >= 0.6 is 0 Å². The Morgan fingerprint density at radius 2 is 2.24 bits per heavy atom. The van der Waals surface area contributed by atoms with E-state index >= 15 is 0 Å². The Balaban J connectivity index is 2.15. The van der Waals surface area contributed by atoms with Gasteiger partial charge in [-0.05, 0) is 26.3 Å². The molecule has 1 amide bonds. The lowest BCUT2D eigenvalue weighted by atomic mass is 9.90. The van der Waals surface area contributed by atoms with Crippen LogP contribution < -0.4 is 0 Å². The first-order valence-electron chi connectivity index (χ1n) is 5.51. The van der Waals surface area contributed by atoms with Gasteiger partial charge in [0, 0.05) is 18.7 Å². The van der Waals surface area contributed by atoms with Gasteiger partial charge in [-0.1, -0.05) is 0 Å². The number of furan rings is 1. The summed E-state index contributed by atoms with van der Waals surface area (Å²) < 4.78 is 5.13. The van der Waals surface area contributed by atoms with Gasteiger partial charge in [0.1, 0.15) is 0 Å². The Morgan fingerprint density at radius 1 is 1.53 bits per heavy atom. The molecular weight excluding hydrogens is 222 g/mol. The highest BCUT2D eigenvalue weighted by Crippen LogP contribution is 2.31. The number of carboxylic acids is 1. The van der Waals surface area contributed by atoms with E-state index in [1.165, 1.54) is 6.26 Å². The quantitative estimate of drug-likeness (QED) is 0.846. The molecular formula is C12H15NO4. The molecule has 1 saturated heterocycles. The van der Waals surface area contributed by atoms with Gasteiger partial charge in [0.2, 0.25) is 0 Å². The van der Waals surface area contributed by atoms with Crippen LogP contribution in [0.25, 0.3) is 0 Å². The van der Waals surface area contributed by atoms with Crippen molar-refractivity contribution in [1.29, 1.82) is 0 Å². The molecule has 2 heterocycles. The first kappa shape index (κ1) is 11.7. The molecule has 1 N–H and O–H groups in total. The first-order valence-corrected chi connectivity index (χ1v) is 5.51. The maximum Gasteiger partial charge on any atom is 0.311 e. The Kier molecular flexibility index (Phi) is 2.69. The van der Waals surface area contributed by atoms with Crippen molar-refractivity contribution in [3.63, 3.8) is 0 Å². The van der Waals surface area contributed by atoms with Gasteiger partial charge in [-0.25, -0.2) is 0 Å². The van der Waals surface area contributed by atoms with Gasteiger partial charge in [-0.3, -0.25) is 9.59 Å². The fourth-order valence-electron chi connectivity index (χ4n) is 2.04. The minimum atomic E-state index is -0.857. The van der Waals surface area contributed by atoms with Crippen LogP contribution in [0.4, 0.5) is 0 Å². The van der Waals surface area contributed by atoms with Crippen LogP contribution in [-0.2, 0) is 4.79 Å². The summed E-state index contributed by atoms with van der Waals surface area (Å²) in [6, 6.07) is 1.72. The van der Waals surface area contributed by atoms with E-state index in [1.807, 2.05) is 0 Å². The summed E-state index contributed by atoms with van der Waals surface area (Å²) in [5.74, 6) is -0.777. The van der Waals surface area contributed by atoms with Crippen LogP contribution in [0.1, 0.15) is 29.5 Å². The maximum atomic E-state index is 12.1. The van der Waals surface area contributed by atoms with Gasteiger partial charge < -0.3 is 14.4 Å². The van der Waals surface area contributed by atoms with Crippen molar-refractivity contribution in [3.8, 4) is 0 Å². The van der Waals surface area contributed by atoms with Crippen molar-refractivity contribution in [2.75, 3.05) is 13.1 Å². The second kappa shape index (κ2) is 3.91. The van der Waals surface area contributed by atoms with Gasteiger partial charge in [0.15, 0.2) is 5.76 Å². The van der Waals surface area contributed by atoms with Crippen molar-refractivity contribution in [3.05, 3.63) is 23.7 Å². The molecule has 1 aliphatic heterocycles. The fourth-order valence-corrected chi connectivity index (χ4v) is 2.04. The molecule has 2 rings (SSSR count). The predicted molar refractivity (Wildman–Crippen MR) is 59.7 cm³/mol. The summed E-state index contributed by atoms with van der Waals surface area (Å²) in [7, 11) is 0. The van der Waals surface area contributed by atoms with E-state index in [9.17, 15) is 9.59 Å². The second-order valence-electron chi connectivity index (χ2n) is 4.78. The third-order valence-corrected chi connectivity index (χ3v) is 3.33. The average molecular weight is 237 g/mol. The first-order chi connectivity index (χ1) is 7.94. The zero-order valence-corrected chi connectivity index (χ0v) is 9.90. The molecule has 0 unspecified atom stereocenters. The topological polar surface area (TPSA) is 70.8 Å². The van der Waals surface area contributed by atoms with Crippen molar-refractivity contribution < 1.29 is 19.1 Å². The number of aliphatic carboxylic acids is 1. The van der Waals surface area contributed by atoms with E-state index < -0.39 is 11.4 Å². The summed E-state index contributed by atoms with van der Waals surface area (Å²) in [5, 5.41) is 9.10. The fraction of sp³-hybridized carbons (Fsp3) is 0.500. The molecule has 0 bridgehead atoms. The number of carbonyl (C=O) groups is 2. The van der Waals surface area contributed by atoms with E-state index in [1.54, 1.807) is 24.8 Å². The lowest BCUT2D eigenvalue weighted by Gasteiger charge is -2.19.